The summed E-state index contributed by atoms with van der Waals surface area (Å²) in [5.41, 5.74) is 1.38. The third kappa shape index (κ3) is 5.30. The zero-order chi connectivity index (χ0) is 27.7. The van der Waals surface area contributed by atoms with Crippen LogP contribution in [0, 0.1) is 6.92 Å². The van der Waals surface area contributed by atoms with Crippen molar-refractivity contribution in [1.29, 1.82) is 0 Å². The number of methoxy groups -OCH3 is 2. The largest absolute Gasteiger partial charge is 0.494 e. The number of ether oxygens (including phenoxy) is 3. The summed E-state index contributed by atoms with van der Waals surface area (Å²) in [5.74, 6) is 1.39. The fraction of sp³-hybridized carbons (Fsp3) is 0.538. The number of hydrogen-bond donors (Lipinski definition) is 1. The minimum Gasteiger partial charge on any atom is -0.494 e. The van der Waals surface area contributed by atoms with Crippen molar-refractivity contribution < 1.29 is 22.6 Å². The molecule has 0 spiro atoms. The normalized spacial score (nSPS) is 21.3. The van der Waals surface area contributed by atoms with Gasteiger partial charge in [-0.15, -0.1) is 10.2 Å². The molecule has 0 aliphatic carbocycles. The van der Waals surface area contributed by atoms with Crippen molar-refractivity contribution in [3.05, 3.63) is 47.8 Å². The number of rotatable bonds is 9. The molecule has 2 saturated heterocycles. The first-order valence-electron chi connectivity index (χ1n) is 13.1. The first-order chi connectivity index (χ1) is 18.7. The minimum atomic E-state index is -3.96. The van der Waals surface area contributed by atoms with Gasteiger partial charge < -0.3 is 14.2 Å². The summed E-state index contributed by atoms with van der Waals surface area (Å²) < 4.78 is 49.2. The lowest BCUT2D eigenvalue weighted by Gasteiger charge is -2.34. The molecule has 2 aromatic heterocycles. The lowest BCUT2D eigenvalue weighted by molar-refractivity contribution is -0.0548. The van der Waals surface area contributed by atoms with Crippen molar-refractivity contribution in [1.82, 2.24) is 29.6 Å². The van der Waals surface area contributed by atoms with Gasteiger partial charge in [-0.05, 0) is 50.9 Å². The number of benzene rings is 1. The zero-order valence-electron chi connectivity index (χ0n) is 22.9. The maximum absolute atomic E-state index is 13.7. The van der Waals surface area contributed by atoms with Gasteiger partial charge in [0.25, 0.3) is 0 Å². The zero-order valence-corrected chi connectivity index (χ0v) is 23.7. The molecule has 3 aromatic rings. The number of anilines is 1. The quantitative estimate of drug-likeness (QED) is 0.419. The number of fused-ring (bicyclic) bond motifs is 1. The summed E-state index contributed by atoms with van der Waals surface area (Å²) in [6.07, 6.45) is 5.16. The molecule has 0 amide bonds. The lowest BCUT2D eigenvalue weighted by atomic mass is 10.1. The van der Waals surface area contributed by atoms with Gasteiger partial charge in [-0.3, -0.25) is 14.2 Å². The highest BCUT2D eigenvalue weighted by Crippen LogP contribution is 2.39. The van der Waals surface area contributed by atoms with Crippen LogP contribution in [0.25, 0.3) is 5.69 Å². The summed E-state index contributed by atoms with van der Waals surface area (Å²) in [6, 6.07) is 5.74. The SMILES string of the molecule is COc1cccc(OC)c1-n1c(NS(=O)(=O)C(C)C(C)c2ncc(C)cn2)nnc1[C@H]1CN2CCC[C@H]2CO1. The summed E-state index contributed by atoms with van der Waals surface area (Å²) in [4.78, 5) is 11.1. The first-order valence-corrected chi connectivity index (χ1v) is 14.6. The molecule has 2 fully saturated rings. The van der Waals surface area contributed by atoms with Crippen LogP contribution in [0.1, 0.15) is 55.9 Å². The second kappa shape index (κ2) is 11.1. The van der Waals surface area contributed by atoms with E-state index in [0.29, 0.717) is 48.0 Å². The minimum absolute atomic E-state index is 0.0174. The van der Waals surface area contributed by atoms with Gasteiger partial charge in [0.2, 0.25) is 16.0 Å². The van der Waals surface area contributed by atoms with Crippen LogP contribution in [-0.4, -0.2) is 83.3 Å². The van der Waals surface area contributed by atoms with E-state index in [-0.39, 0.29) is 5.95 Å². The van der Waals surface area contributed by atoms with Gasteiger partial charge in [-0.1, -0.05) is 13.0 Å². The third-order valence-corrected chi connectivity index (χ3v) is 9.48. The number of nitrogens with zero attached hydrogens (tertiary/aromatic N) is 6. The monoisotopic (exact) mass is 557 g/mol. The van der Waals surface area contributed by atoms with Crippen LogP contribution in [0.4, 0.5) is 5.95 Å². The molecule has 210 valence electrons. The van der Waals surface area contributed by atoms with E-state index < -0.39 is 27.3 Å². The Hall–Kier alpha value is -3.29. The van der Waals surface area contributed by atoms with E-state index in [1.54, 1.807) is 63.2 Å². The molecule has 0 bridgehead atoms. The van der Waals surface area contributed by atoms with E-state index in [9.17, 15) is 8.42 Å². The Morgan fingerprint density at radius 1 is 1.10 bits per heavy atom. The van der Waals surface area contributed by atoms with Crippen molar-refractivity contribution in [3.63, 3.8) is 0 Å². The van der Waals surface area contributed by atoms with Gasteiger partial charge in [0, 0.05) is 30.9 Å². The molecule has 4 heterocycles. The molecular formula is C26H35N7O5S. The van der Waals surface area contributed by atoms with Crippen LogP contribution in [0.15, 0.2) is 30.6 Å². The Morgan fingerprint density at radius 3 is 2.46 bits per heavy atom. The van der Waals surface area contributed by atoms with E-state index >= 15 is 0 Å². The Bertz CT molecular complexity index is 1390. The summed E-state index contributed by atoms with van der Waals surface area (Å²) in [6.45, 7) is 7.49. The van der Waals surface area contributed by atoms with E-state index in [0.717, 1.165) is 24.9 Å². The van der Waals surface area contributed by atoms with E-state index in [1.165, 1.54) is 0 Å². The van der Waals surface area contributed by atoms with Crippen molar-refractivity contribution in [2.75, 3.05) is 38.6 Å². The van der Waals surface area contributed by atoms with Gasteiger partial charge in [0.15, 0.2) is 5.82 Å². The third-order valence-electron chi connectivity index (χ3n) is 7.63. The second-order valence-electron chi connectivity index (χ2n) is 10.1. The molecule has 39 heavy (non-hydrogen) atoms. The van der Waals surface area contributed by atoms with Crippen LogP contribution in [0.5, 0.6) is 11.5 Å². The maximum atomic E-state index is 13.7. The molecule has 2 aliphatic rings. The highest BCUT2D eigenvalue weighted by molar-refractivity contribution is 7.93. The highest BCUT2D eigenvalue weighted by atomic mass is 32.2. The summed E-state index contributed by atoms with van der Waals surface area (Å²) in [7, 11) is -0.868. The van der Waals surface area contributed by atoms with Crippen molar-refractivity contribution >= 4 is 16.0 Å². The fourth-order valence-corrected chi connectivity index (χ4v) is 6.39. The Labute approximate surface area is 228 Å². The number of aryl methyl sites for hydroxylation is 1. The van der Waals surface area contributed by atoms with Gasteiger partial charge in [-0.2, -0.15) is 0 Å². The molecule has 4 atom stereocenters. The number of morpholine rings is 1. The molecule has 0 saturated carbocycles. The molecule has 2 unspecified atom stereocenters. The van der Waals surface area contributed by atoms with E-state index in [2.05, 4.69) is 29.8 Å². The average Bonchev–Trinajstić information content (AvgIpc) is 3.58. The molecule has 12 nitrogen and oxygen atoms in total. The number of aromatic nitrogens is 5. The van der Waals surface area contributed by atoms with Crippen molar-refractivity contribution in [2.24, 2.45) is 0 Å². The van der Waals surface area contributed by atoms with Gasteiger partial charge >= 0.3 is 0 Å². The number of sulfonamides is 1. The van der Waals surface area contributed by atoms with Crippen molar-refractivity contribution in [3.8, 4) is 17.2 Å². The predicted molar refractivity (Wildman–Crippen MR) is 145 cm³/mol. The summed E-state index contributed by atoms with van der Waals surface area (Å²) >= 11 is 0. The molecule has 0 radical (unpaired) electrons. The topological polar surface area (TPSA) is 134 Å². The predicted octanol–water partition coefficient (Wildman–Crippen LogP) is 2.85. The number of para-hydroxylation sites is 1. The standard InChI is InChI=1S/C26H35N7O5S/c1-16-12-27-24(28-13-16)17(2)18(3)39(34,35)31-26-30-29-25(22-14-32-11-7-8-19(32)15-38-22)33(26)23-20(36-4)9-6-10-21(23)37-5/h6,9-10,12-13,17-19,22H,7-8,11,14-15H2,1-5H3,(H,30,31)/t17?,18?,19-,22+/m0/s1. The fourth-order valence-electron chi connectivity index (χ4n) is 5.15. The van der Waals surface area contributed by atoms with E-state index in [4.69, 9.17) is 14.2 Å². The van der Waals surface area contributed by atoms with Gasteiger partial charge in [-0.25, -0.2) is 18.4 Å². The Kier molecular flexibility index (Phi) is 7.74. The average molecular weight is 558 g/mol. The van der Waals surface area contributed by atoms with Crippen LogP contribution < -0.4 is 14.2 Å². The molecular weight excluding hydrogens is 522 g/mol. The van der Waals surface area contributed by atoms with E-state index in [1.807, 2.05) is 6.92 Å². The van der Waals surface area contributed by atoms with Crippen LogP contribution in [0.2, 0.25) is 0 Å². The number of nitrogens with one attached hydrogen (secondary N) is 1. The van der Waals surface area contributed by atoms with Crippen LogP contribution in [0.3, 0.4) is 0 Å². The Morgan fingerprint density at radius 2 is 1.79 bits per heavy atom. The number of hydrogen-bond acceptors (Lipinski definition) is 10. The molecule has 1 N–H and O–H groups in total. The smallest absolute Gasteiger partial charge is 0.243 e. The highest BCUT2D eigenvalue weighted by Gasteiger charge is 2.38. The molecule has 5 rings (SSSR count). The molecule has 1 aromatic carbocycles. The summed E-state index contributed by atoms with van der Waals surface area (Å²) in [5, 5.41) is 7.86. The molecule has 13 heteroatoms. The first kappa shape index (κ1) is 27.3. The van der Waals surface area contributed by atoms with Gasteiger partial charge in [0.1, 0.15) is 29.1 Å². The Balaban J connectivity index is 1.54. The molecule has 2 aliphatic heterocycles. The van der Waals surface area contributed by atoms with Crippen molar-refractivity contribution in [2.45, 2.75) is 56.9 Å². The lowest BCUT2D eigenvalue weighted by Crippen LogP contribution is -2.43. The van der Waals surface area contributed by atoms with Crippen LogP contribution in [-0.2, 0) is 14.8 Å². The second-order valence-corrected chi connectivity index (χ2v) is 12.1. The van der Waals surface area contributed by atoms with Gasteiger partial charge in [0.05, 0.1) is 26.1 Å². The van der Waals surface area contributed by atoms with Crippen LogP contribution >= 0.6 is 0 Å². The maximum Gasteiger partial charge on any atom is 0.243 e.